The summed E-state index contributed by atoms with van der Waals surface area (Å²) in [6.45, 7) is 0.404. The van der Waals surface area contributed by atoms with Crippen molar-refractivity contribution in [2.75, 3.05) is 11.9 Å². The van der Waals surface area contributed by atoms with Crippen molar-refractivity contribution in [3.63, 3.8) is 0 Å². The average molecular weight is 283 g/mol. The van der Waals surface area contributed by atoms with Crippen molar-refractivity contribution in [1.29, 1.82) is 0 Å². The third-order valence-electron chi connectivity index (χ3n) is 2.78. The SMILES string of the molecule is O=C(CNC1CCC1)Nc1ccc(Br)cc1. The van der Waals surface area contributed by atoms with Crippen molar-refractivity contribution in [3.05, 3.63) is 28.7 Å². The largest absolute Gasteiger partial charge is 0.325 e. The van der Waals surface area contributed by atoms with Gasteiger partial charge in [-0.2, -0.15) is 0 Å². The first-order valence-corrected chi connectivity index (χ1v) is 6.32. The van der Waals surface area contributed by atoms with Crippen molar-refractivity contribution in [2.45, 2.75) is 25.3 Å². The van der Waals surface area contributed by atoms with Gasteiger partial charge in [0.05, 0.1) is 6.54 Å². The Bertz CT molecular complexity index is 360. The summed E-state index contributed by atoms with van der Waals surface area (Å²) < 4.78 is 1.01. The molecule has 0 unspecified atom stereocenters. The first-order valence-electron chi connectivity index (χ1n) is 5.53. The van der Waals surface area contributed by atoms with Gasteiger partial charge in [-0.05, 0) is 37.1 Å². The zero-order chi connectivity index (χ0) is 11.4. The molecule has 0 spiro atoms. The monoisotopic (exact) mass is 282 g/mol. The van der Waals surface area contributed by atoms with Crippen LogP contribution in [0.3, 0.4) is 0 Å². The summed E-state index contributed by atoms with van der Waals surface area (Å²) in [5, 5.41) is 6.08. The second-order valence-corrected chi connectivity index (χ2v) is 4.98. The zero-order valence-corrected chi connectivity index (χ0v) is 10.6. The Hall–Kier alpha value is -0.870. The lowest BCUT2D eigenvalue weighted by Gasteiger charge is -2.26. The second-order valence-electron chi connectivity index (χ2n) is 4.06. The summed E-state index contributed by atoms with van der Waals surface area (Å²) in [6.07, 6.45) is 3.68. The Kier molecular flexibility index (Phi) is 3.96. The molecule has 1 aromatic carbocycles. The quantitative estimate of drug-likeness (QED) is 0.891. The number of amides is 1. The van der Waals surface area contributed by atoms with E-state index in [-0.39, 0.29) is 5.91 Å². The Morgan fingerprint density at radius 2 is 2.00 bits per heavy atom. The molecule has 0 heterocycles. The van der Waals surface area contributed by atoms with Crippen LogP contribution in [0.4, 0.5) is 5.69 Å². The van der Waals surface area contributed by atoms with Crippen LogP contribution in [0.15, 0.2) is 28.7 Å². The minimum atomic E-state index is 0.0224. The topological polar surface area (TPSA) is 41.1 Å². The summed E-state index contributed by atoms with van der Waals surface area (Å²) in [6, 6.07) is 8.14. The van der Waals surface area contributed by atoms with Crippen molar-refractivity contribution in [3.8, 4) is 0 Å². The second kappa shape index (κ2) is 5.46. The number of rotatable bonds is 4. The predicted molar refractivity (Wildman–Crippen MR) is 68.4 cm³/mol. The summed E-state index contributed by atoms with van der Waals surface area (Å²) >= 11 is 3.35. The van der Waals surface area contributed by atoms with Crippen LogP contribution in [0.1, 0.15) is 19.3 Å². The van der Waals surface area contributed by atoms with Crippen LogP contribution in [0.25, 0.3) is 0 Å². The van der Waals surface area contributed by atoms with Crippen LogP contribution in [0, 0.1) is 0 Å². The van der Waals surface area contributed by atoms with Gasteiger partial charge in [0.1, 0.15) is 0 Å². The molecular weight excluding hydrogens is 268 g/mol. The normalized spacial score (nSPS) is 15.6. The van der Waals surface area contributed by atoms with Gasteiger partial charge in [-0.15, -0.1) is 0 Å². The number of benzene rings is 1. The van der Waals surface area contributed by atoms with Gasteiger partial charge in [-0.3, -0.25) is 4.79 Å². The highest BCUT2D eigenvalue weighted by molar-refractivity contribution is 9.10. The van der Waals surface area contributed by atoms with Crippen LogP contribution in [0.5, 0.6) is 0 Å². The number of hydrogen-bond acceptors (Lipinski definition) is 2. The highest BCUT2D eigenvalue weighted by Crippen LogP contribution is 2.17. The average Bonchev–Trinajstić information content (AvgIpc) is 2.19. The van der Waals surface area contributed by atoms with Crippen molar-refractivity contribution >= 4 is 27.5 Å². The van der Waals surface area contributed by atoms with E-state index in [0.29, 0.717) is 12.6 Å². The summed E-state index contributed by atoms with van der Waals surface area (Å²) in [4.78, 5) is 11.6. The lowest BCUT2D eigenvalue weighted by molar-refractivity contribution is -0.115. The summed E-state index contributed by atoms with van der Waals surface area (Å²) in [5.74, 6) is 0.0224. The molecular formula is C12H15BrN2O. The van der Waals surface area contributed by atoms with Crippen molar-refractivity contribution in [2.24, 2.45) is 0 Å². The molecule has 3 nitrogen and oxygen atoms in total. The third-order valence-corrected chi connectivity index (χ3v) is 3.31. The molecule has 2 rings (SSSR count). The third kappa shape index (κ3) is 3.32. The molecule has 1 aliphatic carbocycles. The van der Waals surface area contributed by atoms with Gasteiger partial charge in [0.25, 0.3) is 0 Å². The highest BCUT2D eigenvalue weighted by Gasteiger charge is 2.17. The lowest BCUT2D eigenvalue weighted by Crippen LogP contribution is -2.40. The molecule has 1 fully saturated rings. The van der Waals surface area contributed by atoms with E-state index in [9.17, 15) is 4.79 Å². The fourth-order valence-corrected chi connectivity index (χ4v) is 1.85. The number of halogens is 1. The first kappa shape index (κ1) is 11.6. The first-order chi connectivity index (χ1) is 7.74. The molecule has 0 atom stereocenters. The Morgan fingerprint density at radius 1 is 1.31 bits per heavy atom. The number of carbonyl (C=O) groups is 1. The van der Waals surface area contributed by atoms with Crippen LogP contribution in [0.2, 0.25) is 0 Å². The molecule has 1 aromatic rings. The maximum atomic E-state index is 11.6. The van der Waals surface area contributed by atoms with E-state index in [0.717, 1.165) is 10.2 Å². The van der Waals surface area contributed by atoms with Gasteiger partial charge in [0, 0.05) is 16.2 Å². The molecule has 86 valence electrons. The Labute approximate surface area is 104 Å². The molecule has 1 aliphatic rings. The highest BCUT2D eigenvalue weighted by atomic mass is 79.9. The van der Waals surface area contributed by atoms with Crippen molar-refractivity contribution in [1.82, 2.24) is 5.32 Å². The lowest BCUT2D eigenvalue weighted by atomic mass is 9.93. The van der Waals surface area contributed by atoms with E-state index in [2.05, 4.69) is 26.6 Å². The minimum absolute atomic E-state index is 0.0224. The maximum Gasteiger partial charge on any atom is 0.238 e. The van der Waals surface area contributed by atoms with Gasteiger partial charge in [0.15, 0.2) is 0 Å². The Balaban J connectivity index is 1.75. The molecule has 16 heavy (non-hydrogen) atoms. The zero-order valence-electron chi connectivity index (χ0n) is 9.00. The number of hydrogen-bond donors (Lipinski definition) is 2. The number of anilines is 1. The number of nitrogens with one attached hydrogen (secondary N) is 2. The molecule has 4 heteroatoms. The van der Waals surface area contributed by atoms with Crippen LogP contribution < -0.4 is 10.6 Å². The van der Waals surface area contributed by atoms with Crippen molar-refractivity contribution < 1.29 is 4.79 Å². The fraction of sp³-hybridized carbons (Fsp3) is 0.417. The molecule has 1 saturated carbocycles. The van der Waals surface area contributed by atoms with E-state index in [1.165, 1.54) is 19.3 Å². The standard InChI is InChI=1S/C12H15BrN2O/c13-9-4-6-11(7-5-9)15-12(16)8-14-10-2-1-3-10/h4-7,10,14H,1-3,8H2,(H,15,16). The predicted octanol–water partition coefficient (Wildman–Crippen LogP) is 2.53. The van der Waals surface area contributed by atoms with E-state index in [1.54, 1.807) is 0 Å². The Morgan fingerprint density at radius 3 is 2.56 bits per heavy atom. The summed E-state index contributed by atoms with van der Waals surface area (Å²) in [5.41, 5.74) is 0.837. The molecule has 0 bridgehead atoms. The molecule has 1 amide bonds. The fourth-order valence-electron chi connectivity index (χ4n) is 1.59. The van der Waals surface area contributed by atoms with E-state index in [1.807, 2.05) is 24.3 Å². The number of carbonyl (C=O) groups excluding carboxylic acids is 1. The molecule has 0 aliphatic heterocycles. The minimum Gasteiger partial charge on any atom is -0.325 e. The summed E-state index contributed by atoms with van der Waals surface area (Å²) in [7, 11) is 0. The van der Waals surface area contributed by atoms with Crippen LogP contribution in [-0.2, 0) is 4.79 Å². The molecule has 0 aromatic heterocycles. The van der Waals surface area contributed by atoms with E-state index in [4.69, 9.17) is 0 Å². The van der Waals surface area contributed by atoms with Crippen LogP contribution in [-0.4, -0.2) is 18.5 Å². The van der Waals surface area contributed by atoms with Crippen LogP contribution >= 0.6 is 15.9 Å². The van der Waals surface area contributed by atoms with Gasteiger partial charge in [-0.1, -0.05) is 22.4 Å². The smallest absolute Gasteiger partial charge is 0.238 e. The molecule has 0 saturated heterocycles. The molecule has 0 radical (unpaired) electrons. The van der Waals surface area contributed by atoms with Gasteiger partial charge in [-0.25, -0.2) is 0 Å². The van der Waals surface area contributed by atoms with E-state index >= 15 is 0 Å². The molecule has 2 N–H and O–H groups in total. The van der Waals surface area contributed by atoms with E-state index < -0.39 is 0 Å². The maximum absolute atomic E-state index is 11.6. The van der Waals surface area contributed by atoms with Gasteiger partial charge < -0.3 is 10.6 Å². The van der Waals surface area contributed by atoms with Gasteiger partial charge >= 0.3 is 0 Å². The van der Waals surface area contributed by atoms with Gasteiger partial charge in [0.2, 0.25) is 5.91 Å².